The lowest BCUT2D eigenvalue weighted by Crippen LogP contribution is -2.34. The van der Waals surface area contributed by atoms with Crippen LogP contribution in [0.25, 0.3) is 0 Å². The number of benzene rings is 1. The quantitative estimate of drug-likeness (QED) is 0.868. The van der Waals surface area contributed by atoms with E-state index < -0.39 is 0 Å². The summed E-state index contributed by atoms with van der Waals surface area (Å²) in [7, 11) is 0. The lowest BCUT2D eigenvalue weighted by atomic mass is 10.1. The van der Waals surface area contributed by atoms with E-state index in [1.54, 1.807) is 0 Å². The third-order valence-corrected chi connectivity index (χ3v) is 3.32. The summed E-state index contributed by atoms with van der Waals surface area (Å²) in [5.41, 5.74) is 6.33. The van der Waals surface area contributed by atoms with Gasteiger partial charge >= 0.3 is 0 Å². The summed E-state index contributed by atoms with van der Waals surface area (Å²) in [6.07, 6.45) is 2.53. The van der Waals surface area contributed by atoms with E-state index in [1.165, 1.54) is 12.8 Å². The van der Waals surface area contributed by atoms with Gasteiger partial charge in [-0.3, -0.25) is 4.79 Å². The van der Waals surface area contributed by atoms with Gasteiger partial charge in [0.1, 0.15) is 6.04 Å². The molecule has 1 amide bonds. The fourth-order valence-electron chi connectivity index (χ4n) is 1.64. The highest BCUT2D eigenvalue weighted by Crippen LogP contribution is 2.28. The van der Waals surface area contributed by atoms with Crippen molar-refractivity contribution in [3.05, 3.63) is 34.3 Å². The number of nitrogens with two attached hydrogens (primary N) is 1. The summed E-state index contributed by atoms with van der Waals surface area (Å²) in [6.45, 7) is 0.879. The van der Waals surface area contributed by atoms with Crippen molar-refractivity contribution in [2.45, 2.75) is 18.9 Å². The van der Waals surface area contributed by atoms with E-state index >= 15 is 0 Å². The van der Waals surface area contributed by atoms with Gasteiger partial charge in [0.05, 0.1) is 0 Å². The van der Waals surface area contributed by atoms with Gasteiger partial charge < -0.3 is 11.1 Å². The second-order valence-corrected chi connectivity index (χ2v) is 5.15. The largest absolute Gasteiger partial charge is 0.368 e. The summed E-state index contributed by atoms with van der Waals surface area (Å²) in [4.78, 5) is 11.4. The summed E-state index contributed by atoms with van der Waals surface area (Å²) < 4.78 is 1.00. The molecule has 3 N–H and O–H groups in total. The molecule has 4 heteroatoms. The molecule has 3 nitrogen and oxygen atoms in total. The highest BCUT2D eigenvalue weighted by molar-refractivity contribution is 9.10. The zero-order chi connectivity index (χ0) is 11.5. The Morgan fingerprint density at radius 2 is 2.06 bits per heavy atom. The van der Waals surface area contributed by atoms with Crippen molar-refractivity contribution in [1.82, 2.24) is 5.32 Å². The van der Waals surface area contributed by atoms with Crippen LogP contribution in [-0.4, -0.2) is 12.5 Å². The van der Waals surface area contributed by atoms with Gasteiger partial charge in [-0.2, -0.15) is 0 Å². The zero-order valence-corrected chi connectivity index (χ0v) is 10.5. The molecule has 0 bridgehead atoms. The van der Waals surface area contributed by atoms with E-state index in [-0.39, 0.29) is 11.9 Å². The van der Waals surface area contributed by atoms with Crippen molar-refractivity contribution in [3.63, 3.8) is 0 Å². The molecule has 1 aliphatic rings. The molecule has 0 aliphatic heterocycles. The third kappa shape index (κ3) is 3.06. The van der Waals surface area contributed by atoms with E-state index in [9.17, 15) is 4.79 Å². The number of hydrogen-bond donors (Lipinski definition) is 2. The normalized spacial score (nSPS) is 17.1. The van der Waals surface area contributed by atoms with Crippen molar-refractivity contribution in [2.75, 3.05) is 6.54 Å². The van der Waals surface area contributed by atoms with Crippen molar-refractivity contribution in [2.24, 2.45) is 11.7 Å². The van der Waals surface area contributed by atoms with E-state index in [4.69, 9.17) is 5.73 Å². The molecular formula is C12H15BrN2O. The number of primary amides is 1. The number of halogens is 1. The number of nitrogens with one attached hydrogen (secondary N) is 1. The summed E-state index contributed by atoms with van der Waals surface area (Å²) >= 11 is 3.37. The van der Waals surface area contributed by atoms with Crippen LogP contribution in [0.2, 0.25) is 0 Å². The number of rotatable bonds is 5. The number of amides is 1. The van der Waals surface area contributed by atoms with Crippen LogP contribution in [0.1, 0.15) is 24.4 Å². The van der Waals surface area contributed by atoms with Crippen LogP contribution in [-0.2, 0) is 4.79 Å². The fraction of sp³-hybridized carbons (Fsp3) is 0.417. The standard InChI is InChI=1S/C12H15BrN2O/c13-10-5-3-9(4-6-10)11(12(14)16)15-7-8-1-2-8/h3-6,8,11,15H,1-2,7H2,(H2,14,16). The first kappa shape index (κ1) is 11.6. The van der Waals surface area contributed by atoms with Crippen LogP contribution in [0.5, 0.6) is 0 Å². The molecule has 1 aromatic carbocycles. The third-order valence-electron chi connectivity index (χ3n) is 2.80. The van der Waals surface area contributed by atoms with Crippen LogP contribution in [0.15, 0.2) is 28.7 Å². The SMILES string of the molecule is NC(=O)C(NCC1CC1)c1ccc(Br)cc1. The first-order chi connectivity index (χ1) is 7.66. The molecular weight excluding hydrogens is 268 g/mol. The second kappa shape index (κ2) is 4.97. The van der Waals surface area contributed by atoms with E-state index in [0.717, 1.165) is 22.5 Å². The van der Waals surface area contributed by atoms with E-state index in [0.29, 0.717) is 0 Å². The van der Waals surface area contributed by atoms with Gasteiger partial charge in [0, 0.05) is 4.47 Å². The van der Waals surface area contributed by atoms with Crippen molar-refractivity contribution in [1.29, 1.82) is 0 Å². The molecule has 1 aliphatic carbocycles. The maximum absolute atomic E-state index is 11.4. The van der Waals surface area contributed by atoms with Crippen LogP contribution in [0, 0.1) is 5.92 Å². The Balaban J connectivity index is 2.04. The minimum Gasteiger partial charge on any atom is -0.368 e. The van der Waals surface area contributed by atoms with Gasteiger partial charge in [0.15, 0.2) is 0 Å². The lowest BCUT2D eigenvalue weighted by molar-refractivity contribution is -0.120. The predicted octanol–water partition coefficient (Wildman–Crippen LogP) is 1.98. The zero-order valence-electron chi connectivity index (χ0n) is 8.95. The molecule has 86 valence electrons. The average Bonchev–Trinajstić information content (AvgIpc) is 3.04. The fourth-order valence-corrected chi connectivity index (χ4v) is 1.91. The van der Waals surface area contributed by atoms with Gasteiger partial charge in [-0.25, -0.2) is 0 Å². The van der Waals surface area contributed by atoms with Gasteiger partial charge in [-0.1, -0.05) is 28.1 Å². The first-order valence-electron chi connectivity index (χ1n) is 5.45. The smallest absolute Gasteiger partial charge is 0.239 e. The molecule has 0 heterocycles. The lowest BCUT2D eigenvalue weighted by Gasteiger charge is -2.15. The molecule has 1 aromatic rings. The molecule has 1 fully saturated rings. The monoisotopic (exact) mass is 282 g/mol. The van der Waals surface area contributed by atoms with Crippen LogP contribution in [0.4, 0.5) is 0 Å². The predicted molar refractivity (Wildman–Crippen MR) is 66.8 cm³/mol. The summed E-state index contributed by atoms with van der Waals surface area (Å²) in [5, 5.41) is 3.23. The Bertz CT molecular complexity index is 373. The van der Waals surface area contributed by atoms with Gasteiger partial charge in [0.2, 0.25) is 5.91 Å². The Kier molecular flexibility index (Phi) is 3.61. The molecule has 0 aromatic heterocycles. The van der Waals surface area contributed by atoms with E-state index in [2.05, 4.69) is 21.2 Å². The van der Waals surface area contributed by atoms with Gasteiger partial charge in [-0.15, -0.1) is 0 Å². The molecule has 1 atom stereocenters. The molecule has 16 heavy (non-hydrogen) atoms. The topological polar surface area (TPSA) is 55.1 Å². The number of carbonyl (C=O) groups excluding carboxylic acids is 1. The van der Waals surface area contributed by atoms with Crippen LogP contribution in [0.3, 0.4) is 0 Å². The molecule has 2 rings (SSSR count). The van der Waals surface area contributed by atoms with Crippen LogP contribution >= 0.6 is 15.9 Å². The highest BCUT2D eigenvalue weighted by atomic mass is 79.9. The van der Waals surface area contributed by atoms with Crippen LogP contribution < -0.4 is 11.1 Å². The Morgan fingerprint density at radius 1 is 1.44 bits per heavy atom. The molecule has 0 spiro atoms. The first-order valence-corrected chi connectivity index (χ1v) is 6.24. The molecule has 0 radical (unpaired) electrons. The molecule has 0 saturated heterocycles. The van der Waals surface area contributed by atoms with Crippen molar-refractivity contribution >= 4 is 21.8 Å². The summed E-state index contributed by atoms with van der Waals surface area (Å²) in [6, 6.07) is 7.31. The van der Waals surface area contributed by atoms with E-state index in [1.807, 2.05) is 24.3 Å². The minimum atomic E-state index is -0.367. The highest BCUT2D eigenvalue weighted by Gasteiger charge is 2.24. The second-order valence-electron chi connectivity index (χ2n) is 4.24. The Labute approximate surface area is 104 Å². The van der Waals surface area contributed by atoms with Gasteiger partial charge in [-0.05, 0) is 43.0 Å². The molecule has 1 unspecified atom stereocenters. The van der Waals surface area contributed by atoms with Crippen molar-refractivity contribution in [3.8, 4) is 0 Å². The Morgan fingerprint density at radius 3 is 2.56 bits per heavy atom. The number of carbonyl (C=O) groups is 1. The summed E-state index contributed by atoms with van der Waals surface area (Å²) in [5.74, 6) is 0.417. The number of hydrogen-bond acceptors (Lipinski definition) is 2. The maximum atomic E-state index is 11.4. The molecule has 1 saturated carbocycles. The Hall–Kier alpha value is -0.870. The minimum absolute atomic E-state index is 0.317. The van der Waals surface area contributed by atoms with Gasteiger partial charge in [0.25, 0.3) is 0 Å². The average molecular weight is 283 g/mol. The maximum Gasteiger partial charge on any atom is 0.239 e. The van der Waals surface area contributed by atoms with Crippen molar-refractivity contribution < 1.29 is 4.79 Å².